The van der Waals surface area contributed by atoms with E-state index in [0.29, 0.717) is 12.5 Å². The van der Waals surface area contributed by atoms with Crippen molar-refractivity contribution in [1.82, 2.24) is 4.31 Å². The average Bonchev–Trinajstić information content (AvgIpc) is 2.35. The molecular formula is C12H16BrFN2O2S. The zero-order valence-electron chi connectivity index (χ0n) is 10.5. The van der Waals surface area contributed by atoms with E-state index in [1.807, 2.05) is 6.92 Å². The van der Waals surface area contributed by atoms with E-state index in [1.54, 1.807) is 0 Å². The van der Waals surface area contributed by atoms with Gasteiger partial charge in [-0.15, -0.1) is 0 Å². The van der Waals surface area contributed by atoms with E-state index in [0.717, 1.165) is 12.5 Å². The second-order valence-electron chi connectivity index (χ2n) is 4.87. The van der Waals surface area contributed by atoms with Crippen molar-refractivity contribution in [3.63, 3.8) is 0 Å². The maximum atomic E-state index is 13.5. The number of piperidine rings is 1. The minimum absolute atomic E-state index is 0.0325. The van der Waals surface area contributed by atoms with E-state index in [9.17, 15) is 12.8 Å². The van der Waals surface area contributed by atoms with Gasteiger partial charge in [-0.2, -0.15) is 4.31 Å². The Balaban J connectivity index is 2.29. The number of rotatable bonds is 2. The lowest BCUT2D eigenvalue weighted by Gasteiger charge is -2.34. The third-order valence-electron chi connectivity index (χ3n) is 3.51. The Kier molecular flexibility index (Phi) is 4.29. The molecule has 2 unspecified atom stereocenters. The summed E-state index contributed by atoms with van der Waals surface area (Å²) >= 11 is 3.01. The molecular weight excluding hydrogens is 335 g/mol. The quantitative estimate of drug-likeness (QED) is 0.886. The smallest absolute Gasteiger partial charge is 0.243 e. The van der Waals surface area contributed by atoms with Gasteiger partial charge in [0.15, 0.2) is 0 Å². The van der Waals surface area contributed by atoms with Crippen molar-refractivity contribution in [3.05, 3.63) is 28.5 Å². The van der Waals surface area contributed by atoms with Crippen LogP contribution in [0.25, 0.3) is 0 Å². The molecule has 19 heavy (non-hydrogen) atoms. The van der Waals surface area contributed by atoms with E-state index < -0.39 is 15.8 Å². The molecule has 1 heterocycles. The van der Waals surface area contributed by atoms with Gasteiger partial charge in [-0.3, -0.25) is 0 Å². The van der Waals surface area contributed by atoms with Crippen molar-refractivity contribution in [2.24, 2.45) is 11.7 Å². The fourth-order valence-electron chi connectivity index (χ4n) is 2.07. The number of sulfonamides is 1. The van der Waals surface area contributed by atoms with Crippen LogP contribution in [0.2, 0.25) is 0 Å². The number of nitrogens with two attached hydrogens (primary N) is 1. The lowest BCUT2D eigenvalue weighted by Crippen LogP contribution is -2.49. The van der Waals surface area contributed by atoms with Gasteiger partial charge in [-0.1, -0.05) is 6.92 Å². The monoisotopic (exact) mass is 350 g/mol. The van der Waals surface area contributed by atoms with Crippen LogP contribution in [0.1, 0.15) is 13.3 Å². The first-order valence-corrected chi connectivity index (χ1v) is 8.26. The van der Waals surface area contributed by atoms with Crippen LogP contribution in [0.15, 0.2) is 27.6 Å². The number of benzene rings is 1. The highest BCUT2D eigenvalue weighted by molar-refractivity contribution is 9.10. The molecule has 1 saturated heterocycles. The summed E-state index contributed by atoms with van der Waals surface area (Å²) in [4.78, 5) is -0.0325. The van der Waals surface area contributed by atoms with E-state index in [2.05, 4.69) is 15.9 Å². The first-order valence-electron chi connectivity index (χ1n) is 6.03. The summed E-state index contributed by atoms with van der Waals surface area (Å²) < 4.78 is 39.8. The van der Waals surface area contributed by atoms with Crippen molar-refractivity contribution in [2.45, 2.75) is 24.3 Å². The van der Waals surface area contributed by atoms with E-state index >= 15 is 0 Å². The number of hydrogen-bond donors (Lipinski definition) is 1. The molecule has 0 saturated carbocycles. The topological polar surface area (TPSA) is 63.4 Å². The molecule has 0 aliphatic carbocycles. The fourth-order valence-corrected chi connectivity index (χ4v) is 3.82. The molecule has 0 aromatic heterocycles. The molecule has 2 N–H and O–H groups in total. The van der Waals surface area contributed by atoms with Crippen LogP contribution in [0.4, 0.5) is 4.39 Å². The molecule has 106 valence electrons. The molecule has 1 aromatic rings. The molecule has 1 fully saturated rings. The zero-order valence-corrected chi connectivity index (χ0v) is 12.9. The molecule has 0 amide bonds. The molecule has 1 aromatic carbocycles. The highest BCUT2D eigenvalue weighted by Gasteiger charge is 2.32. The number of hydrogen-bond acceptors (Lipinski definition) is 3. The molecule has 7 heteroatoms. The first-order chi connectivity index (χ1) is 8.82. The maximum absolute atomic E-state index is 13.5. The van der Waals surface area contributed by atoms with Crippen LogP contribution >= 0.6 is 15.9 Å². The normalized spacial score (nSPS) is 25.5. The van der Waals surface area contributed by atoms with E-state index in [-0.39, 0.29) is 22.0 Å². The maximum Gasteiger partial charge on any atom is 0.243 e. The van der Waals surface area contributed by atoms with Crippen molar-refractivity contribution < 1.29 is 12.8 Å². The molecule has 2 atom stereocenters. The highest BCUT2D eigenvalue weighted by Crippen LogP contribution is 2.25. The standard InChI is InChI=1S/C12H16BrFN2O2S/c1-8-4-5-16(7-12(8)15)19(17,18)9-2-3-10(13)11(14)6-9/h2-3,6,8,12H,4-5,7,15H2,1H3. The van der Waals surface area contributed by atoms with Gasteiger partial charge in [-0.25, -0.2) is 12.8 Å². The molecule has 2 rings (SSSR count). The Labute approximate surface area is 121 Å². The van der Waals surface area contributed by atoms with Crippen molar-refractivity contribution in [1.29, 1.82) is 0 Å². The third kappa shape index (κ3) is 2.99. The van der Waals surface area contributed by atoms with Gasteiger partial charge in [0, 0.05) is 19.1 Å². The van der Waals surface area contributed by atoms with Crippen LogP contribution in [-0.2, 0) is 10.0 Å². The Bertz CT molecular complexity index is 579. The molecule has 0 spiro atoms. The second-order valence-corrected chi connectivity index (χ2v) is 7.66. The summed E-state index contributed by atoms with van der Waals surface area (Å²) in [7, 11) is -3.67. The Morgan fingerprint density at radius 1 is 1.47 bits per heavy atom. The van der Waals surface area contributed by atoms with Crippen LogP contribution in [-0.4, -0.2) is 31.9 Å². The van der Waals surface area contributed by atoms with E-state index in [1.165, 1.54) is 16.4 Å². The summed E-state index contributed by atoms with van der Waals surface area (Å²) in [5.41, 5.74) is 5.91. The predicted octanol–water partition coefficient (Wildman–Crippen LogP) is 1.95. The lowest BCUT2D eigenvalue weighted by molar-refractivity contribution is 0.253. The first kappa shape index (κ1) is 14.9. The Morgan fingerprint density at radius 3 is 2.74 bits per heavy atom. The van der Waals surface area contributed by atoms with Crippen LogP contribution in [0.3, 0.4) is 0 Å². The van der Waals surface area contributed by atoms with Gasteiger partial charge in [0.25, 0.3) is 0 Å². The predicted molar refractivity (Wildman–Crippen MR) is 74.6 cm³/mol. The number of nitrogens with zero attached hydrogens (tertiary/aromatic N) is 1. The minimum Gasteiger partial charge on any atom is -0.326 e. The van der Waals surface area contributed by atoms with Gasteiger partial charge < -0.3 is 5.73 Å². The summed E-state index contributed by atoms with van der Waals surface area (Å²) in [6.45, 7) is 2.71. The summed E-state index contributed by atoms with van der Waals surface area (Å²) in [5, 5.41) is 0. The van der Waals surface area contributed by atoms with Gasteiger partial charge in [0.2, 0.25) is 10.0 Å². The van der Waals surface area contributed by atoms with Crippen molar-refractivity contribution in [3.8, 4) is 0 Å². The Morgan fingerprint density at radius 2 is 2.16 bits per heavy atom. The molecule has 1 aliphatic rings. The average molecular weight is 351 g/mol. The van der Waals surface area contributed by atoms with E-state index in [4.69, 9.17) is 5.73 Å². The van der Waals surface area contributed by atoms with Gasteiger partial charge in [0.1, 0.15) is 5.82 Å². The third-order valence-corrected chi connectivity index (χ3v) is 6.01. The van der Waals surface area contributed by atoms with Gasteiger partial charge in [-0.05, 0) is 46.5 Å². The SMILES string of the molecule is CC1CCN(S(=O)(=O)c2ccc(Br)c(F)c2)CC1N. The Hall–Kier alpha value is -0.500. The molecule has 0 radical (unpaired) electrons. The fraction of sp³-hybridized carbons (Fsp3) is 0.500. The van der Waals surface area contributed by atoms with Gasteiger partial charge >= 0.3 is 0 Å². The highest BCUT2D eigenvalue weighted by atomic mass is 79.9. The van der Waals surface area contributed by atoms with Crippen molar-refractivity contribution >= 4 is 26.0 Å². The van der Waals surface area contributed by atoms with Crippen molar-refractivity contribution in [2.75, 3.05) is 13.1 Å². The largest absolute Gasteiger partial charge is 0.326 e. The molecule has 1 aliphatic heterocycles. The van der Waals surface area contributed by atoms with Crippen LogP contribution < -0.4 is 5.73 Å². The zero-order chi connectivity index (χ0) is 14.2. The van der Waals surface area contributed by atoms with Crippen LogP contribution in [0, 0.1) is 11.7 Å². The van der Waals surface area contributed by atoms with Crippen LogP contribution in [0.5, 0.6) is 0 Å². The van der Waals surface area contributed by atoms with Gasteiger partial charge in [0.05, 0.1) is 9.37 Å². The number of halogens is 2. The summed E-state index contributed by atoms with van der Waals surface area (Å²) in [5.74, 6) is -0.288. The summed E-state index contributed by atoms with van der Waals surface area (Å²) in [6.07, 6.45) is 0.722. The molecule has 0 bridgehead atoms. The molecule has 4 nitrogen and oxygen atoms in total. The minimum atomic E-state index is -3.67. The lowest BCUT2D eigenvalue weighted by atomic mass is 9.96. The second kappa shape index (κ2) is 5.47. The summed E-state index contributed by atoms with van der Waals surface area (Å²) in [6, 6.07) is 3.65.